The van der Waals surface area contributed by atoms with E-state index in [0.717, 1.165) is 17.1 Å². The molecular formula is C15H18N2S. The van der Waals surface area contributed by atoms with Crippen LogP contribution in [0.25, 0.3) is 11.3 Å². The highest BCUT2D eigenvalue weighted by molar-refractivity contribution is 7.71. The van der Waals surface area contributed by atoms with Crippen molar-refractivity contribution >= 4 is 12.2 Å². The van der Waals surface area contributed by atoms with Crippen LogP contribution in [0.5, 0.6) is 0 Å². The minimum atomic E-state index is -0.0335. The van der Waals surface area contributed by atoms with Gasteiger partial charge in [0.25, 0.3) is 0 Å². The fourth-order valence-corrected chi connectivity index (χ4v) is 1.91. The maximum Gasteiger partial charge on any atom is 0.130 e. The molecule has 1 aromatic heterocycles. The van der Waals surface area contributed by atoms with Crippen molar-refractivity contribution in [2.75, 3.05) is 0 Å². The average molecular weight is 258 g/mol. The average Bonchev–Trinajstić information content (AvgIpc) is 2.28. The zero-order chi connectivity index (χ0) is 13.3. The molecule has 0 aliphatic heterocycles. The first-order valence-electron chi connectivity index (χ1n) is 6.05. The molecule has 0 aliphatic rings. The van der Waals surface area contributed by atoms with Gasteiger partial charge in [-0.05, 0) is 18.6 Å². The van der Waals surface area contributed by atoms with Gasteiger partial charge in [-0.15, -0.1) is 0 Å². The molecule has 1 heterocycles. The van der Waals surface area contributed by atoms with Crippen LogP contribution in [0.4, 0.5) is 0 Å². The number of H-pyrrole nitrogens is 1. The second-order valence-corrected chi connectivity index (χ2v) is 6.02. The summed E-state index contributed by atoms with van der Waals surface area (Å²) in [5.41, 5.74) is 3.39. The maximum atomic E-state index is 5.25. The van der Waals surface area contributed by atoms with Crippen LogP contribution in [0.15, 0.2) is 30.3 Å². The summed E-state index contributed by atoms with van der Waals surface area (Å²) in [7, 11) is 0. The Labute approximate surface area is 113 Å². The van der Waals surface area contributed by atoms with Gasteiger partial charge < -0.3 is 4.98 Å². The van der Waals surface area contributed by atoms with Crippen molar-refractivity contribution in [3.63, 3.8) is 0 Å². The quantitative estimate of drug-likeness (QED) is 0.767. The molecule has 18 heavy (non-hydrogen) atoms. The number of rotatable bonds is 1. The van der Waals surface area contributed by atoms with Gasteiger partial charge in [-0.25, -0.2) is 4.98 Å². The van der Waals surface area contributed by atoms with Gasteiger partial charge in [0.15, 0.2) is 0 Å². The molecule has 1 N–H and O–H groups in total. The first-order chi connectivity index (χ1) is 8.36. The predicted molar refractivity (Wildman–Crippen MR) is 78.3 cm³/mol. The molecule has 0 radical (unpaired) electrons. The highest BCUT2D eigenvalue weighted by atomic mass is 32.1. The van der Waals surface area contributed by atoms with E-state index in [4.69, 9.17) is 12.2 Å². The third kappa shape index (κ3) is 2.85. The molecule has 0 amide bonds. The van der Waals surface area contributed by atoms with E-state index < -0.39 is 0 Å². The lowest BCUT2D eigenvalue weighted by Crippen LogP contribution is -2.16. The number of hydrogen-bond acceptors (Lipinski definition) is 2. The predicted octanol–water partition coefficient (Wildman–Crippen LogP) is 4.41. The molecule has 2 rings (SSSR count). The van der Waals surface area contributed by atoms with E-state index in [0.29, 0.717) is 4.64 Å². The highest BCUT2D eigenvalue weighted by Crippen LogP contribution is 2.23. The smallest absolute Gasteiger partial charge is 0.130 e. The van der Waals surface area contributed by atoms with Gasteiger partial charge in [0.05, 0.1) is 0 Å². The van der Waals surface area contributed by atoms with E-state index in [-0.39, 0.29) is 5.41 Å². The molecule has 2 aromatic rings. The molecule has 0 saturated carbocycles. The summed E-state index contributed by atoms with van der Waals surface area (Å²) in [5, 5.41) is 0. The lowest BCUT2D eigenvalue weighted by atomic mass is 9.95. The van der Waals surface area contributed by atoms with Crippen LogP contribution in [0.3, 0.4) is 0 Å². The lowest BCUT2D eigenvalue weighted by Gasteiger charge is -2.18. The van der Waals surface area contributed by atoms with Gasteiger partial charge in [-0.2, -0.15) is 0 Å². The Kier molecular flexibility index (Phi) is 3.35. The van der Waals surface area contributed by atoms with Crippen molar-refractivity contribution in [1.82, 2.24) is 9.97 Å². The second-order valence-electron chi connectivity index (χ2n) is 5.60. The van der Waals surface area contributed by atoms with Crippen LogP contribution < -0.4 is 0 Å². The largest absolute Gasteiger partial charge is 0.343 e. The van der Waals surface area contributed by atoms with Crippen molar-refractivity contribution in [2.45, 2.75) is 33.1 Å². The standard InChI is InChI=1S/C15H18N2S/c1-10-5-7-11(8-6-10)12-9-13(18)17-14(16-12)15(2,3)4/h5-9H,1-4H3,(H,16,17,18). The van der Waals surface area contributed by atoms with Crippen LogP contribution in [-0.2, 0) is 5.41 Å². The molecule has 0 unspecified atom stereocenters. The van der Waals surface area contributed by atoms with Crippen LogP contribution in [0, 0.1) is 11.6 Å². The molecule has 0 saturated heterocycles. The minimum absolute atomic E-state index is 0.0335. The lowest BCUT2D eigenvalue weighted by molar-refractivity contribution is 0.545. The Morgan fingerprint density at radius 1 is 1.11 bits per heavy atom. The Balaban J connectivity index is 2.55. The number of nitrogens with zero attached hydrogens (tertiary/aromatic N) is 1. The molecule has 94 valence electrons. The Bertz CT molecular complexity index is 604. The zero-order valence-electron chi connectivity index (χ0n) is 11.2. The van der Waals surface area contributed by atoms with Gasteiger partial charge in [0.2, 0.25) is 0 Å². The summed E-state index contributed by atoms with van der Waals surface area (Å²) in [6, 6.07) is 10.3. The van der Waals surface area contributed by atoms with Gasteiger partial charge >= 0.3 is 0 Å². The third-order valence-electron chi connectivity index (χ3n) is 2.82. The summed E-state index contributed by atoms with van der Waals surface area (Å²) >= 11 is 5.25. The number of aromatic nitrogens is 2. The second kappa shape index (κ2) is 4.65. The molecule has 1 aromatic carbocycles. The van der Waals surface area contributed by atoms with Crippen LogP contribution in [-0.4, -0.2) is 9.97 Å². The number of hydrogen-bond donors (Lipinski definition) is 1. The fourth-order valence-electron chi connectivity index (χ4n) is 1.70. The summed E-state index contributed by atoms with van der Waals surface area (Å²) in [4.78, 5) is 7.79. The SMILES string of the molecule is Cc1ccc(-c2cc(=S)nc(C(C)(C)C)[nH]2)cc1. The van der Waals surface area contributed by atoms with E-state index in [9.17, 15) is 0 Å². The van der Waals surface area contributed by atoms with E-state index in [1.807, 2.05) is 6.07 Å². The Hall–Kier alpha value is -1.48. The van der Waals surface area contributed by atoms with Crippen molar-refractivity contribution in [3.8, 4) is 11.3 Å². The van der Waals surface area contributed by atoms with E-state index in [1.54, 1.807) is 0 Å². The third-order valence-corrected chi connectivity index (χ3v) is 3.02. The van der Waals surface area contributed by atoms with Crippen molar-refractivity contribution in [3.05, 3.63) is 46.4 Å². The van der Waals surface area contributed by atoms with Gasteiger partial charge in [0.1, 0.15) is 10.5 Å². The topological polar surface area (TPSA) is 28.7 Å². The molecule has 0 spiro atoms. The summed E-state index contributed by atoms with van der Waals surface area (Å²) in [6.45, 7) is 8.46. The summed E-state index contributed by atoms with van der Waals surface area (Å²) < 4.78 is 0.634. The van der Waals surface area contributed by atoms with E-state index in [1.165, 1.54) is 5.56 Å². The Morgan fingerprint density at radius 2 is 1.72 bits per heavy atom. The molecule has 2 nitrogen and oxygen atoms in total. The van der Waals surface area contributed by atoms with Crippen LogP contribution >= 0.6 is 12.2 Å². The maximum absolute atomic E-state index is 5.25. The van der Waals surface area contributed by atoms with Crippen molar-refractivity contribution in [2.24, 2.45) is 0 Å². The number of benzene rings is 1. The normalized spacial score (nSPS) is 11.6. The zero-order valence-corrected chi connectivity index (χ0v) is 12.1. The highest BCUT2D eigenvalue weighted by Gasteiger charge is 2.17. The molecule has 0 atom stereocenters. The van der Waals surface area contributed by atoms with Gasteiger partial charge in [-0.1, -0.05) is 62.8 Å². The first-order valence-corrected chi connectivity index (χ1v) is 6.46. The van der Waals surface area contributed by atoms with Gasteiger partial charge in [0, 0.05) is 11.1 Å². The van der Waals surface area contributed by atoms with Crippen molar-refractivity contribution < 1.29 is 0 Å². The number of aryl methyl sites for hydroxylation is 1. The Morgan fingerprint density at radius 3 is 2.28 bits per heavy atom. The number of nitrogens with one attached hydrogen (secondary N) is 1. The van der Waals surface area contributed by atoms with Crippen LogP contribution in [0.2, 0.25) is 0 Å². The first kappa shape index (κ1) is 13.0. The molecule has 0 fully saturated rings. The summed E-state index contributed by atoms with van der Waals surface area (Å²) in [5.74, 6) is 0.922. The number of aromatic amines is 1. The van der Waals surface area contributed by atoms with E-state index in [2.05, 4.69) is 61.9 Å². The molecule has 0 bridgehead atoms. The summed E-state index contributed by atoms with van der Waals surface area (Å²) in [6.07, 6.45) is 0. The molecule has 3 heteroatoms. The minimum Gasteiger partial charge on any atom is -0.343 e. The van der Waals surface area contributed by atoms with Gasteiger partial charge in [-0.3, -0.25) is 0 Å². The fraction of sp³-hybridized carbons (Fsp3) is 0.333. The van der Waals surface area contributed by atoms with Crippen molar-refractivity contribution in [1.29, 1.82) is 0 Å². The van der Waals surface area contributed by atoms with Crippen LogP contribution in [0.1, 0.15) is 32.2 Å². The monoisotopic (exact) mass is 258 g/mol. The molecular weight excluding hydrogens is 240 g/mol. The molecule has 0 aliphatic carbocycles. The van der Waals surface area contributed by atoms with E-state index >= 15 is 0 Å².